The van der Waals surface area contributed by atoms with E-state index in [2.05, 4.69) is 36.7 Å². The Kier molecular flexibility index (Phi) is 5.22. The molecular formula is HBrClINO4P. The van der Waals surface area contributed by atoms with Crippen LogP contribution in [0, 0.1) is 0 Å². The zero-order chi connectivity index (χ0) is 7.49. The Bertz CT molecular complexity index is 130. The predicted molar refractivity (Wildman–Crippen MR) is 42.6 cm³/mol. The Morgan fingerprint density at radius 3 is 2.44 bits per heavy atom. The van der Waals surface area contributed by atoms with Gasteiger partial charge in [-0.3, -0.25) is 0 Å². The minimum atomic E-state index is -4.09. The first kappa shape index (κ1) is 10.6. The van der Waals surface area contributed by atoms with E-state index in [0.717, 1.165) is 2.30 Å². The molecular weight excluding hydrogens is 351 g/mol. The van der Waals surface area contributed by atoms with Crippen LogP contribution in [0.2, 0.25) is 0 Å². The normalized spacial score (nSPS) is 17.9. The second-order valence-corrected chi connectivity index (χ2v) is 5.32. The van der Waals surface area contributed by atoms with Crippen LogP contribution in [-0.4, -0.2) is 7.20 Å². The van der Waals surface area contributed by atoms with Gasteiger partial charge in [0.15, 0.2) is 0 Å². The highest BCUT2D eigenvalue weighted by molar-refractivity contribution is 14.1. The minimum absolute atomic E-state index is 0.800. The molecule has 1 N–H and O–H groups in total. The molecule has 0 spiro atoms. The molecule has 0 aliphatic rings. The molecule has 0 aromatic carbocycles. The van der Waals surface area contributed by atoms with E-state index >= 15 is 0 Å². The number of rotatable bonds is 3. The Labute approximate surface area is 78.8 Å². The summed E-state index contributed by atoms with van der Waals surface area (Å²) in [6.07, 6.45) is 0. The molecule has 5 nitrogen and oxygen atoms in total. The molecule has 0 saturated carbocycles. The van der Waals surface area contributed by atoms with Crippen LogP contribution < -0.4 is 0 Å². The van der Waals surface area contributed by atoms with Gasteiger partial charge in [0.2, 0.25) is 0 Å². The van der Waals surface area contributed by atoms with Gasteiger partial charge in [0, 0.05) is 0 Å². The number of phosphoric acid groups is 1. The van der Waals surface area contributed by atoms with Crippen molar-refractivity contribution in [3.63, 3.8) is 0 Å². The van der Waals surface area contributed by atoms with E-state index in [4.69, 9.17) is 4.89 Å². The van der Waals surface area contributed by atoms with Crippen LogP contribution in [0.4, 0.5) is 0 Å². The van der Waals surface area contributed by atoms with Gasteiger partial charge in [-0.25, -0.2) is 4.57 Å². The van der Waals surface area contributed by atoms with Crippen LogP contribution >= 0.6 is 58.7 Å². The van der Waals surface area contributed by atoms with Gasteiger partial charge in [0.05, 0.1) is 50.9 Å². The lowest BCUT2D eigenvalue weighted by molar-refractivity contribution is 0.123. The van der Waals surface area contributed by atoms with Crippen molar-refractivity contribution in [3.05, 3.63) is 0 Å². The second kappa shape index (κ2) is 4.45. The van der Waals surface area contributed by atoms with Gasteiger partial charge in [0.25, 0.3) is 0 Å². The Morgan fingerprint density at radius 1 is 1.89 bits per heavy atom. The minimum Gasteiger partial charge on any atom is -0.301 e. The monoisotopic (exact) mass is 351 g/mol. The van der Waals surface area contributed by atoms with Crippen molar-refractivity contribution in [2.75, 3.05) is 0 Å². The van der Waals surface area contributed by atoms with Gasteiger partial charge < -0.3 is 4.89 Å². The van der Waals surface area contributed by atoms with E-state index in [9.17, 15) is 4.57 Å². The predicted octanol–water partition coefficient (Wildman–Crippen LogP) is 2.15. The molecule has 0 saturated heterocycles. The van der Waals surface area contributed by atoms with E-state index in [1.54, 1.807) is 22.9 Å². The molecule has 0 amide bonds. The summed E-state index contributed by atoms with van der Waals surface area (Å²) in [7, 11) is -4.09. The fourth-order valence-corrected chi connectivity index (χ4v) is 1.51. The topological polar surface area (TPSA) is 59.0 Å². The Morgan fingerprint density at radius 2 is 2.33 bits per heavy atom. The largest absolute Gasteiger partial charge is 0.507 e. The third kappa shape index (κ3) is 5.99. The van der Waals surface area contributed by atoms with Crippen molar-refractivity contribution in [1.29, 1.82) is 0 Å². The number of halogens is 3. The smallest absolute Gasteiger partial charge is 0.301 e. The molecule has 0 aromatic heterocycles. The second-order valence-electron chi connectivity index (χ2n) is 0.821. The van der Waals surface area contributed by atoms with Crippen LogP contribution in [0.1, 0.15) is 0 Å². The molecule has 0 fully saturated rings. The third-order valence-corrected chi connectivity index (χ3v) is 2.20. The molecule has 0 heterocycles. The van der Waals surface area contributed by atoms with Crippen molar-refractivity contribution < 1.29 is 18.2 Å². The number of nitrogens with zero attached hydrogens (tertiary/aromatic N) is 1. The van der Waals surface area contributed by atoms with Gasteiger partial charge in [-0.15, -0.1) is 0 Å². The Hall–Kier alpha value is 1.57. The molecule has 0 rings (SSSR count). The highest BCUT2D eigenvalue weighted by Crippen LogP contribution is 2.46. The summed E-state index contributed by atoms with van der Waals surface area (Å²) in [5.74, 6) is 0. The van der Waals surface area contributed by atoms with E-state index < -0.39 is 7.82 Å². The highest BCUT2D eigenvalue weighted by Gasteiger charge is 2.23. The maximum absolute atomic E-state index is 10.3. The third-order valence-electron chi connectivity index (χ3n) is 0.252. The molecule has 0 bridgehead atoms. The first-order chi connectivity index (χ1) is 3.98. The number of hydrogen-bond donors (Lipinski definition) is 1. The van der Waals surface area contributed by atoms with Crippen LogP contribution in [0.25, 0.3) is 0 Å². The Balaban J connectivity index is 3.73. The molecule has 56 valence electrons. The van der Waals surface area contributed by atoms with E-state index in [0.29, 0.717) is 0 Å². The lowest BCUT2D eigenvalue weighted by Crippen LogP contribution is -1.95. The average molecular weight is 352 g/mol. The number of hydrogen-bond acceptors (Lipinski definition) is 4. The average Bonchev–Trinajstić information content (AvgIpc) is 1.63. The maximum Gasteiger partial charge on any atom is 0.507 e. The molecule has 9 heavy (non-hydrogen) atoms. The maximum atomic E-state index is 10.3. The van der Waals surface area contributed by atoms with Crippen LogP contribution in [-0.2, 0) is 13.3 Å². The fourth-order valence-electron chi connectivity index (χ4n) is 0.0906. The molecule has 1 atom stereocenters. The van der Waals surface area contributed by atoms with Crippen molar-refractivity contribution in [2.45, 2.75) is 0 Å². The van der Waals surface area contributed by atoms with E-state index in [1.165, 1.54) is 0 Å². The summed E-state index contributed by atoms with van der Waals surface area (Å²) < 4.78 is 18.7. The van der Waals surface area contributed by atoms with Gasteiger partial charge >= 0.3 is 7.82 Å². The van der Waals surface area contributed by atoms with Gasteiger partial charge in [-0.05, 0) is 0 Å². The lowest BCUT2D eigenvalue weighted by Gasteiger charge is -2.07. The molecule has 0 aliphatic heterocycles. The standard InChI is InChI=1S/BrClHINO4P/c1-4(3)8-9(5,6)7-2/h(H,5,6). The molecule has 1 unspecified atom stereocenters. The summed E-state index contributed by atoms with van der Waals surface area (Å²) in [6, 6.07) is 0. The van der Waals surface area contributed by atoms with Gasteiger partial charge in [-0.1, -0.05) is 2.30 Å². The molecule has 0 radical (unpaired) electrons. The summed E-state index contributed by atoms with van der Waals surface area (Å²) in [5.41, 5.74) is 0. The van der Waals surface area contributed by atoms with Gasteiger partial charge in [0.1, 0.15) is 0 Å². The summed E-state index contributed by atoms with van der Waals surface area (Å²) in [4.78, 5) is 8.40. The van der Waals surface area contributed by atoms with E-state index in [-0.39, 0.29) is 0 Å². The van der Waals surface area contributed by atoms with Crippen LogP contribution in [0.15, 0.2) is 0 Å². The molecule has 9 heteroatoms. The SMILES string of the molecule is O=P(O)(OCl)ON(Br)I. The zero-order valence-corrected chi connectivity index (χ0v) is 9.09. The highest BCUT2D eigenvalue weighted by atomic mass is 127. The van der Waals surface area contributed by atoms with Crippen molar-refractivity contribution in [2.24, 2.45) is 0 Å². The molecule has 0 aromatic rings. The van der Waals surface area contributed by atoms with Crippen LogP contribution in [0.5, 0.6) is 0 Å². The van der Waals surface area contributed by atoms with Crippen molar-refractivity contribution in [3.8, 4) is 0 Å². The van der Waals surface area contributed by atoms with Gasteiger partial charge in [-0.2, -0.15) is 8.70 Å². The fraction of sp³-hybridized carbons (Fsp3) is 0. The van der Waals surface area contributed by atoms with Crippen molar-refractivity contribution >= 4 is 58.7 Å². The summed E-state index contributed by atoms with van der Waals surface area (Å²) in [6.45, 7) is 0. The van der Waals surface area contributed by atoms with E-state index in [1.807, 2.05) is 0 Å². The lowest BCUT2D eigenvalue weighted by atomic mass is 13.6. The summed E-state index contributed by atoms with van der Waals surface area (Å²) in [5, 5.41) is 0. The summed E-state index contributed by atoms with van der Waals surface area (Å²) >= 11 is 8.77. The zero-order valence-electron chi connectivity index (χ0n) is 3.70. The first-order valence-corrected chi connectivity index (χ1v) is 4.90. The first-order valence-electron chi connectivity index (χ1n) is 1.42. The molecule has 0 aliphatic carbocycles. The van der Waals surface area contributed by atoms with Crippen LogP contribution in [0.3, 0.4) is 0 Å². The quantitative estimate of drug-likeness (QED) is 0.365. The van der Waals surface area contributed by atoms with Crippen molar-refractivity contribution in [1.82, 2.24) is 2.30 Å².